The zero-order chi connectivity index (χ0) is 25.2. The predicted octanol–water partition coefficient (Wildman–Crippen LogP) is 5.30. The summed E-state index contributed by atoms with van der Waals surface area (Å²) in [5.41, 5.74) is 3.07. The van der Waals surface area contributed by atoms with Gasteiger partial charge in [0.15, 0.2) is 0 Å². The first-order chi connectivity index (χ1) is 17.4. The summed E-state index contributed by atoms with van der Waals surface area (Å²) < 4.78 is 0. The van der Waals surface area contributed by atoms with E-state index in [-0.39, 0.29) is 24.3 Å². The number of hydrogen-bond acceptors (Lipinski definition) is 5. The Balaban J connectivity index is 1.24. The van der Waals surface area contributed by atoms with Gasteiger partial charge in [0.25, 0.3) is 0 Å². The van der Waals surface area contributed by atoms with E-state index < -0.39 is 5.92 Å². The summed E-state index contributed by atoms with van der Waals surface area (Å²) >= 11 is 14.4. The number of fused-ring (bicyclic) bond motifs is 1. The molecule has 0 N–H and O–H groups in total. The Labute approximate surface area is 225 Å². The van der Waals surface area contributed by atoms with Crippen LogP contribution in [0.4, 0.5) is 5.69 Å². The molecule has 1 fully saturated rings. The van der Waals surface area contributed by atoms with Crippen LogP contribution in [0.25, 0.3) is 0 Å². The predicted molar refractivity (Wildman–Crippen MR) is 145 cm³/mol. The summed E-state index contributed by atoms with van der Waals surface area (Å²) in [7, 11) is 0. The third kappa shape index (κ3) is 4.97. The molecule has 5 rings (SSSR count). The lowest BCUT2D eigenvalue weighted by molar-refractivity contribution is -0.142. The number of benzene rings is 1. The van der Waals surface area contributed by atoms with Crippen LogP contribution in [0.5, 0.6) is 0 Å². The van der Waals surface area contributed by atoms with Crippen molar-refractivity contribution in [2.75, 3.05) is 37.6 Å². The van der Waals surface area contributed by atoms with E-state index in [1.807, 2.05) is 34.9 Å². The number of pyridine rings is 1. The van der Waals surface area contributed by atoms with Gasteiger partial charge < -0.3 is 14.7 Å². The van der Waals surface area contributed by atoms with Gasteiger partial charge >= 0.3 is 0 Å². The first-order valence-corrected chi connectivity index (χ1v) is 13.8. The quantitative estimate of drug-likeness (QED) is 0.439. The van der Waals surface area contributed by atoms with Gasteiger partial charge in [0.05, 0.1) is 21.8 Å². The highest BCUT2D eigenvalue weighted by atomic mass is 35.5. The molecule has 0 spiro atoms. The molecule has 6 nitrogen and oxygen atoms in total. The Morgan fingerprint density at radius 1 is 1.03 bits per heavy atom. The topological polar surface area (TPSA) is 56.8 Å². The van der Waals surface area contributed by atoms with Gasteiger partial charge in [-0.25, -0.2) is 0 Å². The zero-order valence-electron chi connectivity index (χ0n) is 20.1. The number of rotatable bonds is 5. The molecule has 188 valence electrons. The van der Waals surface area contributed by atoms with Crippen LogP contribution in [0.2, 0.25) is 10.0 Å². The number of piperazine rings is 1. The number of halogens is 2. The maximum absolute atomic E-state index is 13.5. The molecule has 0 radical (unpaired) electrons. The average Bonchev–Trinajstić information content (AvgIpc) is 3.37. The van der Waals surface area contributed by atoms with Crippen molar-refractivity contribution in [3.63, 3.8) is 0 Å². The second kappa shape index (κ2) is 10.8. The standard InChI is InChI=1S/C27H28Cl2N4O2S/c1-18(27(35)32-12-10-31(11-13-32)26-21(28)16-30-17-22(26)29)15-24(34)33-9-7-23-20(8-14-36-23)25(33)19-5-3-2-4-6-19/h2-6,8,14,16-18,25H,7,9-13,15H2,1H3. The molecule has 2 aliphatic heterocycles. The van der Waals surface area contributed by atoms with Gasteiger partial charge in [0.1, 0.15) is 0 Å². The molecule has 2 aromatic heterocycles. The molecule has 0 aliphatic carbocycles. The molecule has 1 saturated heterocycles. The van der Waals surface area contributed by atoms with E-state index in [1.165, 1.54) is 10.4 Å². The number of amides is 2. The SMILES string of the molecule is CC(CC(=O)N1CCc2sccc2C1c1ccccc1)C(=O)N1CCN(c2c(Cl)cncc2Cl)CC1. The van der Waals surface area contributed by atoms with E-state index >= 15 is 0 Å². The van der Waals surface area contributed by atoms with Crippen LogP contribution in [-0.2, 0) is 16.0 Å². The van der Waals surface area contributed by atoms with Crippen molar-refractivity contribution in [3.8, 4) is 0 Å². The van der Waals surface area contributed by atoms with Crippen molar-refractivity contribution in [1.29, 1.82) is 0 Å². The fourth-order valence-electron chi connectivity index (χ4n) is 5.22. The Bertz CT molecular complexity index is 1220. The number of carbonyl (C=O) groups excluding carboxylic acids is 2. The molecule has 3 aromatic rings. The van der Waals surface area contributed by atoms with Gasteiger partial charge in [-0.2, -0.15) is 0 Å². The lowest BCUT2D eigenvalue weighted by Gasteiger charge is -2.39. The number of hydrogen-bond donors (Lipinski definition) is 0. The van der Waals surface area contributed by atoms with Crippen molar-refractivity contribution in [2.45, 2.75) is 25.8 Å². The Morgan fingerprint density at radius 2 is 1.72 bits per heavy atom. The van der Waals surface area contributed by atoms with Crippen LogP contribution in [-0.4, -0.2) is 59.3 Å². The highest BCUT2D eigenvalue weighted by Gasteiger charge is 2.35. The highest BCUT2D eigenvalue weighted by Crippen LogP contribution is 2.38. The van der Waals surface area contributed by atoms with Crippen molar-refractivity contribution in [2.24, 2.45) is 5.92 Å². The molecular formula is C27H28Cl2N4O2S. The Kier molecular flexibility index (Phi) is 7.51. The first kappa shape index (κ1) is 25.1. The lowest BCUT2D eigenvalue weighted by atomic mass is 9.92. The molecule has 36 heavy (non-hydrogen) atoms. The molecule has 4 heterocycles. The number of carbonyl (C=O) groups is 2. The van der Waals surface area contributed by atoms with Gasteiger partial charge in [-0.05, 0) is 29.0 Å². The van der Waals surface area contributed by atoms with Crippen molar-refractivity contribution < 1.29 is 9.59 Å². The van der Waals surface area contributed by atoms with Crippen molar-refractivity contribution in [1.82, 2.24) is 14.8 Å². The van der Waals surface area contributed by atoms with E-state index in [0.717, 1.165) is 17.7 Å². The van der Waals surface area contributed by atoms with Gasteiger partial charge in [-0.15, -0.1) is 11.3 Å². The number of nitrogens with zero attached hydrogens (tertiary/aromatic N) is 4. The van der Waals surface area contributed by atoms with Crippen molar-refractivity contribution >= 4 is 52.0 Å². The smallest absolute Gasteiger partial charge is 0.226 e. The molecule has 0 bridgehead atoms. The molecular weight excluding hydrogens is 515 g/mol. The van der Waals surface area contributed by atoms with E-state index in [1.54, 1.807) is 23.7 Å². The third-order valence-corrected chi connectivity index (χ3v) is 8.59. The van der Waals surface area contributed by atoms with E-state index in [0.29, 0.717) is 42.8 Å². The Hall–Kier alpha value is -2.61. The minimum absolute atomic E-state index is 0.0133. The molecule has 2 atom stereocenters. The highest BCUT2D eigenvalue weighted by molar-refractivity contribution is 7.10. The molecule has 1 aromatic carbocycles. The number of anilines is 1. The van der Waals surface area contributed by atoms with Crippen LogP contribution in [0.3, 0.4) is 0 Å². The molecule has 2 aliphatic rings. The average molecular weight is 544 g/mol. The third-order valence-electron chi connectivity index (χ3n) is 7.04. The van der Waals surface area contributed by atoms with Gasteiger partial charge in [-0.1, -0.05) is 60.5 Å². The number of aromatic nitrogens is 1. The molecule has 9 heteroatoms. The molecule has 2 amide bonds. The first-order valence-electron chi connectivity index (χ1n) is 12.2. The van der Waals surface area contributed by atoms with Gasteiger partial charge in [0.2, 0.25) is 11.8 Å². The monoisotopic (exact) mass is 542 g/mol. The van der Waals surface area contributed by atoms with E-state index in [2.05, 4.69) is 33.5 Å². The summed E-state index contributed by atoms with van der Waals surface area (Å²) in [6.45, 7) is 4.89. The van der Waals surface area contributed by atoms with E-state index in [9.17, 15) is 9.59 Å². The fourth-order valence-corrected chi connectivity index (χ4v) is 6.72. The minimum atomic E-state index is -0.391. The zero-order valence-corrected chi connectivity index (χ0v) is 22.4. The molecule has 0 saturated carbocycles. The summed E-state index contributed by atoms with van der Waals surface area (Å²) in [4.78, 5) is 38.1. The normalized spacial score (nSPS) is 18.6. The Morgan fingerprint density at radius 3 is 2.42 bits per heavy atom. The van der Waals surface area contributed by atoms with Gasteiger partial charge in [0, 0.05) is 62.3 Å². The van der Waals surface area contributed by atoms with Crippen LogP contribution in [0.1, 0.15) is 35.4 Å². The maximum atomic E-state index is 13.5. The van der Waals surface area contributed by atoms with Crippen molar-refractivity contribution in [3.05, 3.63) is 80.2 Å². The maximum Gasteiger partial charge on any atom is 0.226 e. The summed E-state index contributed by atoms with van der Waals surface area (Å²) in [6, 6.07) is 12.2. The largest absolute Gasteiger partial charge is 0.365 e. The number of thiophene rings is 1. The molecule has 2 unspecified atom stereocenters. The lowest BCUT2D eigenvalue weighted by Crippen LogP contribution is -2.51. The van der Waals surface area contributed by atoms with E-state index in [4.69, 9.17) is 23.2 Å². The van der Waals surface area contributed by atoms with Crippen LogP contribution >= 0.6 is 34.5 Å². The second-order valence-electron chi connectivity index (χ2n) is 9.32. The fraction of sp³-hybridized carbons (Fsp3) is 0.370. The minimum Gasteiger partial charge on any atom is -0.365 e. The second-order valence-corrected chi connectivity index (χ2v) is 11.1. The summed E-state index contributed by atoms with van der Waals surface area (Å²) in [6.07, 6.45) is 4.21. The van der Waals surface area contributed by atoms with Crippen LogP contribution in [0, 0.1) is 5.92 Å². The van der Waals surface area contributed by atoms with Crippen LogP contribution < -0.4 is 4.90 Å². The van der Waals surface area contributed by atoms with Gasteiger partial charge in [-0.3, -0.25) is 14.6 Å². The summed E-state index contributed by atoms with van der Waals surface area (Å²) in [5.74, 6) is -0.354. The summed E-state index contributed by atoms with van der Waals surface area (Å²) in [5, 5.41) is 3.11. The van der Waals surface area contributed by atoms with Crippen LogP contribution in [0.15, 0.2) is 54.2 Å².